The molecule has 8 unspecified atom stereocenters. The Morgan fingerprint density at radius 1 is 0.648 bits per heavy atom. The zero-order valence-electron chi connectivity index (χ0n) is 33.1. The van der Waals surface area contributed by atoms with Gasteiger partial charge in [0.05, 0.1) is 31.3 Å². The van der Waals surface area contributed by atoms with Gasteiger partial charge in [-0.2, -0.15) is 0 Å². The van der Waals surface area contributed by atoms with E-state index in [0.717, 1.165) is 44.9 Å². The first-order valence-electron chi connectivity index (χ1n) is 20.9. The van der Waals surface area contributed by atoms with Gasteiger partial charge in [-0.3, -0.25) is 13.8 Å². The van der Waals surface area contributed by atoms with Gasteiger partial charge in [0.1, 0.15) is 36.6 Å². The van der Waals surface area contributed by atoms with Crippen LogP contribution in [0.3, 0.4) is 0 Å². The molecule has 0 aromatic rings. The topological polar surface area (TPSA) is 226 Å². The lowest BCUT2D eigenvalue weighted by Gasteiger charge is -2.41. The molecule has 0 saturated heterocycles. The van der Waals surface area contributed by atoms with Crippen molar-refractivity contribution in [3.63, 3.8) is 0 Å². The highest BCUT2D eigenvalue weighted by Crippen LogP contribution is 2.47. The Labute approximate surface area is 324 Å². The van der Waals surface area contributed by atoms with Crippen LogP contribution in [0, 0.1) is 0 Å². The van der Waals surface area contributed by atoms with Crippen molar-refractivity contribution in [2.24, 2.45) is 0 Å². The molecule has 1 saturated carbocycles. The number of phosphoric ester groups is 1. The van der Waals surface area contributed by atoms with Crippen LogP contribution in [-0.2, 0) is 18.4 Å². The van der Waals surface area contributed by atoms with Gasteiger partial charge in [0, 0.05) is 0 Å². The van der Waals surface area contributed by atoms with Crippen molar-refractivity contribution < 1.29 is 59.0 Å². The van der Waals surface area contributed by atoms with Crippen molar-refractivity contribution in [3.8, 4) is 0 Å². The third-order valence-electron chi connectivity index (χ3n) is 10.0. The molecule has 14 heteroatoms. The number of rotatable bonds is 33. The maximum atomic E-state index is 12.9. The zero-order valence-corrected chi connectivity index (χ0v) is 34.0. The number of phosphoric acid groups is 1. The lowest BCUT2D eigenvalue weighted by atomic mass is 9.85. The molecule has 9 N–H and O–H groups in total. The summed E-state index contributed by atoms with van der Waals surface area (Å²) in [4.78, 5) is 23.3. The van der Waals surface area contributed by atoms with E-state index in [0.29, 0.717) is 12.8 Å². The number of amides is 1. The van der Waals surface area contributed by atoms with Gasteiger partial charge in [-0.15, -0.1) is 0 Å². The highest BCUT2D eigenvalue weighted by molar-refractivity contribution is 7.47. The minimum atomic E-state index is -5.14. The van der Waals surface area contributed by atoms with Crippen molar-refractivity contribution in [1.29, 1.82) is 0 Å². The molecule has 0 aromatic carbocycles. The molecule has 1 rings (SSSR count). The van der Waals surface area contributed by atoms with E-state index in [4.69, 9.17) is 9.05 Å². The molecule has 1 aliphatic rings. The predicted molar refractivity (Wildman–Crippen MR) is 210 cm³/mol. The van der Waals surface area contributed by atoms with Crippen LogP contribution in [0.5, 0.6) is 0 Å². The number of hydrogen-bond donors (Lipinski definition) is 9. The van der Waals surface area contributed by atoms with Crippen molar-refractivity contribution >= 4 is 13.7 Å². The molecule has 0 aliphatic heterocycles. The second-order valence-corrected chi connectivity index (χ2v) is 16.4. The SMILES string of the molecule is CCCCCCCCC/C=C/CC/C=C/C(O)C(COP(=O)(O)OC1C(O)C(O)C(O)C(O)C1O)NC(=O)CC(O)CCCCCCCCCCCCC. The standard InChI is InChI=1S/C40H76NO12P/c1-3-5-7-9-11-13-15-16-18-20-22-24-26-28-33(43)32(30-52-54(50,51)53-40-38(48)36(46)35(45)37(47)39(40)49)41-34(44)29-31(42)27-25-23-21-19-17-14-12-10-8-6-4-2/h18,20,26,28,31-33,35-40,42-43,45-49H,3-17,19,21-25,27,29-30H2,1-2H3,(H,41,44)(H,50,51)/b20-18+,28-26+. The zero-order chi connectivity index (χ0) is 40.2. The Morgan fingerprint density at radius 2 is 1.09 bits per heavy atom. The normalized spacial score (nSPS) is 24.9. The highest BCUT2D eigenvalue weighted by atomic mass is 31.2. The summed E-state index contributed by atoms with van der Waals surface area (Å²) in [6.07, 6.45) is 17.2. The summed E-state index contributed by atoms with van der Waals surface area (Å²) in [5, 5.41) is 74.1. The largest absolute Gasteiger partial charge is 0.472 e. The summed E-state index contributed by atoms with van der Waals surface area (Å²) >= 11 is 0. The number of unbranched alkanes of at least 4 members (excludes halogenated alkanes) is 18. The van der Waals surface area contributed by atoms with Gasteiger partial charge in [-0.1, -0.05) is 147 Å². The van der Waals surface area contributed by atoms with Crippen LogP contribution >= 0.6 is 7.82 Å². The van der Waals surface area contributed by atoms with Gasteiger partial charge in [-0.25, -0.2) is 4.57 Å². The number of carbonyl (C=O) groups is 1. The lowest BCUT2D eigenvalue weighted by Crippen LogP contribution is -2.64. The summed E-state index contributed by atoms with van der Waals surface area (Å²) < 4.78 is 22.7. The molecular formula is C40H76NO12P. The molecule has 1 aliphatic carbocycles. The Hall–Kier alpha value is -1.22. The molecule has 54 heavy (non-hydrogen) atoms. The highest BCUT2D eigenvalue weighted by Gasteiger charge is 2.51. The molecule has 0 aromatic heterocycles. The third-order valence-corrected chi connectivity index (χ3v) is 11.0. The van der Waals surface area contributed by atoms with Gasteiger partial charge >= 0.3 is 7.82 Å². The lowest BCUT2D eigenvalue weighted by molar-refractivity contribution is -0.220. The van der Waals surface area contributed by atoms with Gasteiger partial charge < -0.3 is 46.0 Å². The Morgan fingerprint density at radius 3 is 1.63 bits per heavy atom. The molecule has 8 atom stereocenters. The molecule has 1 fully saturated rings. The number of allylic oxidation sites excluding steroid dienone is 3. The van der Waals surface area contributed by atoms with Crippen molar-refractivity contribution in [3.05, 3.63) is 24.3 Å². The molecule has 0 radical (unpaired) electrons. The van der Waals surface area contributed by atoms with Crippen LogP contribution in [0.1, 0.15) is 162 Å². The first-order chi connectivity index (χ1) is 25.8. The Bertz CT molecular complexity index is 1030. The first kappa shape index (κ1) is 50.8. The van der Waals surface area contributed by atoms with Crippen LogP contribution < -0.4 is 5.32 Å². The van der Waals surface area contributed by atoms with Crippen molar-refractivity contribution in [1.82, 2.24) is 5.32 Å². The number of nitrogens with one attached hydrogen (secondary N) is 1. The molecule has 0 bridgehead atoms. The van der Waals surface area contributed by atoms with Crippen LogP contribution in [0.25, 0.3) is 0 Å². The van der Waals surface area contributed by atoms with Crippen molar-refractivity contribution in [2.75, 3.05) is 6.61 Å². The van der Waals surface area contributed by atoms with Gasteiger partial charge in [0.25, 0.3) is 0 Å². The van der Waals surface area contributed by atoms with Crippen LogP contribution in [-0.4, -0.2) is 108 Å². The molecule has 13 nitrogen and oxygen atoms in total. The van der Waals surface area contributed by atoms with Crippen LogP contribution in [0.2, 0.25) is 0 Å². The van der Waals surface area contributed by atoms with E-state index in [9.17, 15) is 50.0 Å². The number of carbonyl (C=O) groups excluding carboxylic acids is 1. The monoisotopic (exact) mass is 794 g/mol. The smallest absolute Gasteiger partial charge is 0.393 e. The maximum absolute atomic E-state index is 12.9. The number of aliphatic hydroxyl groups is 7. The van der Waals surface area contributed by atoms with E-state index in [1.807, 2.05) is 0 Å². The van der Waals surface area contributed by atoms with E-state index in [1.165, 1.54) is 89.5 Å². The van der Waals surface area contributed by atoms with E-state index in [-0.39, 0.29) is 6.42 Å². The van der Waals surface area contributed by atoms with Gasteiger partial charge in [0.2, 0.25) is 5.91 Å². The molecule has 1 amide bonds. The third kappa shape index (κ3) is 23.1. The first-order valence-corrected chi connectivity index (χ1v) is 22.4. The minimum Gasteiger partial charge on any atom is -0.393 e. The fourth-order valence-corrected chi connectivity index (χ4v) is 7.52. The van der Waals surface area contributed by atoms with E-state index in [1.54, 1.807) is 6.08 Å². The quantitative estimate of drug-likeness (QED) is 0.0224. The summed E-state index contributed by atoms with van der Waals surface area (Å²) in [6, 6.07) is -1.25. The van der Waals surface area contributed by atoms with E-state index in [2.05, 4.69) is 31.3 Å². The number of hydrogen-bond acceptors (Lipinski definition) is 11. The van der Waals surface area contributed by atoms with Crippen LogP contribution in [0.15, 0.2) is 24.3 Å². The van der Waals surface area contributed by atoms with Gasteiger partial charge in [0.15, 0.2) is 0 Å². The molecular weight excluding hydrogens is 717 g/mol. The average Bonchev–Trinajstić information content (AvgIpc) is 3.14. The van der Waals surface area contributed by atoms with Crippen LogP contribution in [0.4, 0.5) is 0 Å². The fraction of sp³-hybridized carbons (Fsp3) is 0.875. The molecule has 0 spiro atoms. The predicted octanol–water partition coefficient (Wildman–Crippen LogP) is 5.64. The number of aliphatic hydroxyl groups excluding tert-OH is 7. The fourth-order valence-electron chi connectivity index (χ4n) is 6.55. The van der Waals surface area contributed by atoms with Crippen molar-refractivity contribution in [2.45, 2.75) is 216 Å². The Kier molecular flexibility index (Phi) is 29.0. The average molecular weight is 794 g/mol. The van der Waals surface area contributed by atoms with E-state index >= 15 is 0 Å². The Balaban J connectivity index is 2.66. The van der Waals surface area contributed by atoms with Gasteiger partial charge in [-0.05, 0) is 32.1 Å². The molecule has 0 heterocycles. The summed E-state index contributed by atoms with van der Waals surface area (Å²) in [5.74, 6) is -0.605. The minimum absolute atomic E-state index is 0.250. The second kappa shape index (κ2) is 30.9. The summed E-state index contributed by atoms with van der Waals surface area (Å²) in [7, 11) is -5.14. The molecule has 318 valence electrons. The van der Waals surface area contributed by atoms with E-state index < -0.39 is 75.2 Å². The maximum Gasteiger partial charge on any atom is 0.472 e. The second-order valence-electron chi connectivity index (χ2n) is 15.0. The summed E-state index contributed by atoms with van der Waals surface area (Å²) in [5.41, 5.74) is 0. The summed E-state index contributed by atoms with van der Waals surface area (Å²) in [6.45, 7) is 3.67.